The summed E-state index contributed by atoms with van der Waals surface area (Å²) in [5.74, 6) is 0. The van der Waals surface area contributed by atoms with E-state index in [1.54, 1.807) is 0 Å². The molecule has 0 heterocycles. The van der Waals surface area contributed by atoms with Gasteiger partial charge in [-0.05, 0) is 31.4 Å². The second-order valence-electron chi connectivity index (χ2n) is 5.55. The molecule has 2 aromatic rings. The van der Waals surface area contributed by atoms with Gasteiger partial charge in [0.15, 0.2) is 0 Å². The van der Waals surface area contributed by atoms with E-state index in [1.165, 1.54) is 24.0 Å². The number of alkyl halides is 1. The molecule has 0 atom stereocenters. The first-order valence-corrected chi connectivity index (χ1v) is 7.70. The van der Waals surface area contributed by atoms with Gasteiger partial charge in [0, 0.05) is 4.87 Å². The summed E-state index contributed by atoms with van der Waals surface area (Å²) >= 11 is 5.91. The van der Waals surface area contributed by atoms with E-state index in [1.807, 2.05) is 12.1 Å². The molecule has 2 rings (SSSR count). The Bertz CT molecular complexity index is 417. The minimum absolute atomic E-state index is 0.0238. The largest absolute Gasteiger partial charge is 0.120 e. The smallest absolute Gasteiger partial charge is 0.0390 e. The first-order valence-electron chi connectivity index (χ1n) is 7.32. The maximum atomic E-state index is 5.91. The third kappa shape index (κ3) is 7.35. The summed E-state index contributed by atoms with van der Waals surface area (Å²) in [6, 6.07) is 20.8. The van der Waals surface area contributed by atoms with Crippen LogP contribution in [0.4, 0.5) is 0 Å². The van der Waals surface area contributed by atoms with E-state index in [4.69, 9.17) is 11.6 Å². The minimum atomic E-state index is 0.0238. The molecule has 0 saturated carbocycles. The van der Waals surface area contributed by atoms with Gasteiger partial charge in [-0.3, -0.25) is 0 Å². The predicted octanol–water partition coefficient (Wildman–Crippen LogP) is 6.55. The van der Waals surface area contributed by atoms with Crippen molar-refractivity contribution in [1.82, 2.24) is 0 Å². The first kappa shape index (κ1) is 16.8. The van der Waals surface area contributed by atoms with Crippen LogP contribution in [-0.4, -0.2) is 4.87 Å². The Balaban J connectivity index is 0.000000221. The zero-order valence-electron chi connectivity index (χ0n) is 12.8. The Kier molecular flexibility index (Phi) is 7.40. The lowest BCUT2D eigenvalue weighted by Gasteiger charge is -2.13. The molecule has 0 nitrogen and oxygen atoms in total. The molecule has 0 aliphatic heterocycles. The molecule has 0 aliphatic carbocycles. The Morgan fingerprint density at radius 3 is 1.45 bits per heavy atom. The van der Waals surface area contributed by atoms with Crippen LogP contribution in [0.1, 0.15) is 40.0 Å². The topological polar surface area (TPSA) is 0 Å². The SMILES string of the molecule is CCCCC(C)(C)Cl.c1ccc(-c2ccccc2)cc1. The van der Waals surface area contributed by atoms with E-state index in [2.05, 4.69) is 69.3 Å². The van der Waals surface area contributed by atoms with Gasteiger partial charge in [0.25, 0.3) is 0 Å². The molecule has 0 aromatic heterocycles. The van der Waals surface area contributed by atoms with Crippen LogP contribution < -0.4 is 0 Å². The molecule has 0 saturated heterocycles. The van der Waals surface area contributed by atoms with Crippen molar-refractivity contribution in [2.24, 2.45) is 0 Å². The van der Waals surface area contributed by atoms with Crippen molar-refractivity contribution in [3.05, 3.63) is 60.7 Å². The minimum Gasteiger partial charge on any atom is -0.120 e. The molecule has 20 heavy (non-hydrogen) atoms. The van der Waals surface area contributed by atoms with Gasteiger partial charge in [0.1, 0.15) is 0 Å². The van der Waals surface area contributed by atoms with Crippen molar-refractivity contribution in [3.63, 3.8) is 0 Å². The fourth-order valence-corrected chi connectivity index (χ4v) is 1.99. The second kappa shape index (κ2) is 8.81. The van der Waals surface area contributed by atoms with Crippen LogP contribution in [0.5, 0.6) is 0 Å². The Morgan fingerprint density at radius 1 is 0.800 bits per heavy atom. The lowest BCUT2D eigenvalue weighted by Crippen LogP contribution is -2.08. The summed E-state index contributed by atoms with van der Waals surface area (Å²) in [6.07, 6.45) is 3.62. The van der Waals surface area contributed by atoms with Gasteiger partial charge in [0.05, 0.1) is 0 Å². The van der Waals surface area contributed by atoms with Gasteiger partial charge in [-0.1, -0.05) is 80.4 Å². The average Bonchev–Trinajstić information content (AvgIpc) is 2.47. The molecule has 0 aliphatic rings. The summed E-state index contributed by atoms with van der Waals surface area (Å²) in [7, 11) is 0. The fraction of sp³-hybridized carbons (Fsp3) is 0.368. The van der Waals surface area contributed by atoms with E-state index >= 15 is 0 Å². The first-order chi connectivity index (χ1) is 9.53. The standard InChI is InChI=1S/C12H10.C7H15Cl/c1-3-7-11(8-4-1)12-9-5-2-6-10-12;1-4-5-6-7(2,3)8/h1-10H;4-6H2,1-3H3. The fourth-order valence-electron chi connectivity index (χ4n) is 1.86. The summed E-state index contributed by atoms with van der Waals surface area (Å²) in [4.78, 5) is 0.0238. The molecule has 108 valence electrons. The van der Waals surface area contributed by atoms with Crippen LogP contribution in [0.15, 0.2) is 60.7 Å². The van der Waals surface area contributed by atoms with E-state index in [0.717, 1.165) is 6.42 Å². The van der Waals surface area contributed by atoms with Crippen molar-refractivity contribution < 1.29 is 0 Å². The van der Waals surface area contributed by atoms with Crippen LogP contribution in [0.25, 0.3) is 11.1 Å². The van der Waals surface area contributed by atoms with Gasteiger partial charge >= 0.3 is 0 Å². The highest BCUT2D eigenvalue weighted by Gasteiger charge is 2.10. The van der Waals surface area contributed by atoms with Gasteiger partial charge < -0.3 is 0 Å². The number of halogens is 1. The van der Waals surface area contributed by atoms with Crippen molar-refractivity contribution in [3.8, 4) is 11.1 Å². The third-order valence-corrected chi connectivity index (χ3v) is 3.19. The summed E-state index contributed by atoms with van der Waals surface area (Å²) < 4.78 is 0. The van der Waals surface area contributed by atoms with Gasteiger partial charge in [-0.15, -0.1) is 11.6 Å². The Labute approximate surface area is 128 Å². The van der Waals surface area contributed by atoms with Crippen LogP contribution in [0.3, 0.4) is 0 Å². The molecule has 2 aromatic carbocycles. The number of hydrogen-bond acceptors (Lipinski definition) is 0. The molecule has 0 N–H and O–H groups in total. The third-order valence-electron chi connectivity index (χ3n) is 3.01. The van der Waals surface area contributed by atoms with Crippen molar-refractivity contribution >= 4 is 11.6 Å². The monoisotopic (exact) mass is 288 g/mol. The summed E-state index contributed by atoms with van der Waals surface area (Å²) in [5.41, 5.74) is 2.55. The van der Waals surface area contributed by atoms with Crippen LogP contribution >= 0.6 is 11.6 Å². The molecule has 0 radical (unpaired) electrons. The van der Waals surface area contributed by atoms with E-state index < -0.39 is 0 Å². The highest BCUT2D eigenvalue weighted by atomic mass is 35.5. The van der Waals surface area contributed by atoms with E-state index in [0.29, 0.717) is 0 Å². The average molecular weight is 289 g/mol. The van der Waals surface area contributed by atoms with E-state index in [-0.39, 0.29) is 4.87 Å². The molecule has 0 bridgehead atoms. The van der Waals surface area contributed by atoms with Gasteiger partial charge in [-0.25, -0.2) is 0 Å². The van der Waals surface area contributed by atoms with E-state index in [9.17, 15) is 0 Å². The number of unbranched alkanes of at least 4 members (excludes halogenated alkanes) is 1. The zero-order valence-corrected chi connectivity index (χ0v) is 13.5. The molecule has 1 heteroatoms. The maximum Gasteiger partial charge on any atom is 0.0390 e. The lowest BCUT2D eigenvalue weighted by molar-refractivity contribution is 0.584. The highest BCUT2D eigenvalue weighted by molar-refractivity contribution is 6.23. The van der Waals surface area contributed by atoms with Crippen LogP contribution in [-0.2, 0) is 0 Å². The number of rotatable bonds is 4. The lowest BCUT2D eigenvalue weighted by atomic mass is 10.1. The van der Waals surface area contributed by atoms with Crippen molar-refractivity contribution in [2.75, 3.05) is 0 Å². The quantitative estimate of drug-likeness (QED) is 0.560. The molecular formula is C19H25Cl. The number of hydrogen-bond donors (Lipinski definition) is 0. The molecular weight excluding hydrogens is 264 g/mol. The predicted molar refractivity (Wildman–Crippen MR) is 91.3 cm³/mol. The highest BCUT2D eigenvalue weighted by Crippen LogP contribution is 2.20. The summed E-state index contributed by atoms with van der Waals surface area (Å²) in [5, 5.41) is 0. The van der Waals surface area contributed by atoms with Crippen molar-refractivity contribution in [1.29, 1.82) is 0 Å². The van der Waals surface area contributed by atoms with Crippen molar-refractivity contribution in [2.45, 2.75) is 44.9 Å². The molecule has 0 spiro atoms. The normalized spacial score (nSPS) is 10.6. The van der Waals surface area contributed by atoms with Crippen LogP contribution in [0.2, 0.25) is 0 Å². The number of benzene rings is 2. The molecule has 0 amide bonds. The summed E-state index contributed by atoms with van der Waals surface area (Å²) in [6.45, 7) is 6.30. The zero-order chi connectivity index (χ0) is 14.8. The van der Waals surface area contributed by atoms with Gasteiger partial charge in [-0.2, -0.15) is 0 Å². The van der Waals surface area contributed by atoms with Gasteiger partial charge in [0.2, 0.25) is 0 Å². The second-order valence-corrected chi connectivity index (χ2v) is 6.58. The maximum absolute atomic E-state index is 5.91. The van der Waals surface area contributed by atoms with Crippen LogP contribution in [0, 0.1) is 0 Å². The molecule has 0 fully saturated rings. The Morgan fingerprint density at radius 2 is 1.20 bits per heavy atom. The Hall–Kier alpha value is -1.27. The molecule has 0 unspecified atom stereocenters.